The Kier molecular flexibility index (Phi) is 1.57. The van der Waals surface area contributed by atoms with Crippen LogP contribution in [0, 0.1) is 13.8 Å². The molecule has 3 heteroatoms. The summed E-state index contributed by atoms with van der Waals surface area (Å²) in [5.74, 6) is 0.746. The zero-order valence-corrected chi connectivity index (χ0v) is 6.38. The molecule has 0 saturated carbocycles. The predicted molar refractivity (Wildman–Crippen MR) is 39.0 cm³/mol. The van der Waals surface area contributed by atoms with Gasteiger partial charge in [-0.3, -0.25) is 9.36 Å². The summed E-state index contributed by atoms with van der Waals surface area (Å²) < 4.78 is 1.54. The molecule has 0 bridgehead atoms. The maximum absolute atomic E-state index is 11.1. The molecule has 54 valence electrons. The van der Waals surface area contributed by atoms with Gasteiger partial charge >= 0.3 is 0 Å². The van der Waals surface area contributed by atoms with E-state index in [2.05, 4.69) is 4.98 Å². The molecular formula is C7H10N2O. The van der Waals surface area contributed by atoms with Crippen LogP contribution < -0.4 is 5.56 Å². The molecule has 0 aliphatic heterocycles. The molecule has 0 atom stereocenters. The molecule has 1 rings (SSSR count). The standard InChI is InChI=1S/C7H10N2O/c1-5-4-8-6(2)9(3)7(5)10/h4H,1-3H3. The third kappa shape index (κ3) is 0.943. The molecule has 0 fully saturated rings. The van der Waals surface area contributed by atoms with Crippen LogP contribution in [0.15, 0.2) is 11.0 Å². The minimum atomic E-state index is 0.0347. The van der Waals surface area contributed by atoms with E-state index >= 15 is 0 Å². The van der Waals surface area contributed by atoms with Crippen LogP contribution >= 0.6 is 0 Å². The van der Waals surface area contributed by atoms with Crippen LogP contribution in [-0.2, 0) is 7.05 Å². The molecule has 0 N–H and O–H groups in total. The lowest BCUT2D eigenvalue weighted by molar-refractivity contribution is 0.764. The third-order valence-electron chi connectivity index (χ3n) is 1.57. The fourth-order valence-electron chi connectivity index (χ4n) is 0.744. The van der Waals surface area contributed by atoms with Gasteiger partial charge in [0, 0.05) is 18.8 Å². The van der Waals surface area contributed by atoms with E-state index in [-0.39, 0.29) is 5.56 Å². The minimum absolute atomic E-state index is 0.0347. The van der Waals surface area contributed by atoms with Gasteiger partial charge in [0.05, 0.1) is 0 Å². The average Bonchev–Trinajstić information content (AvgIpc) is 1.93. The van der Waals surface area contributed by atoms with Crippen LogP contribution in [0.3, 0.4) is 0 Å². The molecule has 10 heavy (non-hydrogen) atoms. The molecule has 0 spiro atoms. The van der Waals surface area contributed by atoms with Crippen molar-refractivity contribution < 1.29 is 0 Å². The first kappa shape index (κ1) is 6.99. The molecule has 0 amide bonds. The van der Waals surface area contributed by atoms with Crippen molar-refractivity contribution in [2.24, 2.45) is 7.05 Å². The summed E-state index contributed by atoms with van der Waals surface area (Å²) in [6.45, 7) is 3.57. The SMILES string of the molecule is Cc1cnc(C)n(C)c1=O. The molecule has 0 aromatic carbocycles. The van der Waals surface area contributed by atoms with E-state index in [1.807, 2.05) is 0 Å². The Hall–Kier alpha value is -1.12. The van der Waals surface area contributed by atoms with E-state index < -0.39 is 0 Å². The lowest BCUT2D eigenvalue weighted by Crippen LogP contribution is -2.21. The van der Waals surface area contributed by atoms with Gasteiger partial charge in [0.25, 0.3) is 5.56 Å². The quantitative estimate of drug-likeness (QED) is 0.520. The van der Waals surface area contributed by atoms with Gasteiger partial charge in [-0.25, -0.2) is 4.98 Å². The van der Waals surface area contributed by atoms with Crippen molar-refractivity contribution in [2.45, 2.75) is 13.8 Å². The van der Waals surface area contributed by atoms with Gasteiger partial charge in [0.1, 0.15) is 5.82 Å². The molecule has 0 radical (unpaired) electrons. The van der Waals surface area contributed by atoms with Crippen LogP contribution in [0.5, 0.6) is 0 Å². The Bertz CT molecular complexity index is 301. The summed E-state index contributed by atoms with van der Waals surface area (Å²) in [6.07, 6.45) is 1.59. The Morgan fingerprint density at radius 3 is 2.60 bits per heavy atom. The van der Waals surface area contributed by atoms with Gasteiger partial charge in [0.15, 0.2) is 0 Å². The molecular weight excluding hydrogens is 128 g/mol. The average molecular weight is 138 g/mol. The molecule has 0 aliphatic rings. The predicted octanol–water partition coefficient (Wildman–Crippen LogP) is 0.397. The summed E-state index contributed by atoms with van der Waals surface area (Å²) in [5.41, 5.74) is 0.723. The van der Waals surface area contributed by atoms with E-state index in [0.29, 0.717) is 5.56 Å². The summed E-state index contributed by atoms with van der Waals surface area (Å²) in [6, 6.07) is 0. The second-order valence-electron chi connectivity index (χ2n) is 2.35. The van der Waals surface area contributed by atoms with Crippen molar-refractivity contribution in [1.29, 1.82) is 0 Å². The zero-order valence-electron chi connectivity index (χ0n) is 6.38. The smallest absolute Gasteiger partial charge is 0.256 e. The van der Waals surface area contributed by atoms with E-state index in [0.717, 1.165) is 5.82 Å². The number of aryl methyl sites for hydroxylation is 2. The topological polar surface area (TPSA) is 34.9 Å². The fourth-order valence-corrected chi connectivity index (χ4v) is 0.744. The minimum Gasteiger partial charge on any atom is -0.300 e. The number of hydrogen-bond donors (Lipinski definition) is 0. The van der Waals surface area contributed by atoms with E-state index in [1.165, 1.54) is 4.57 Å². The third-order valence-corrected chi connectivity index (χ3v) is 1.57. The van der Waals surface area contributed by atoms with Gasteiger partial charge in [-0.15, -0.1) is 0 Å². The highest BCUT2D eigenvalue weighted by molar-refractivity contribution is 5.03. The lowest BCUT2D eigenvalue weighted by Gasteiger charge is -2.00. The summed E-state index contributed by atoms with van der Waals surface area (Å²) in [4.78, 5) is 15.1. The van der Waals surface area contributed by atoms with E-state index in [9.17, 15) is 4.79 Å². The molecule has 3 nitrogen and oxygen atoms in total. The fraction of sp³-hybridized carbons (Fsp3) is 0.429. The van der Waals surface area contributed by atoms with E-state index in [1.54, 1.807) is 27.1 Å². The van der Waals surface area contributed by atoms with Crippen LogP contribution in [0.25, 0.3) is 0 Å². The zero-order chi connectivity index (χ0) is 7.72. The molecule has 0 saturated heterocycles. The number of aromatic nitrogens is 2. The summed E-state index contributed by atoms with van der Waals surface area (Å²) in [5, 5.41) is 0. The first-order valence-corrected chi connectivity index (χ1v) is 3.12. The highest BCUT2D eigenvalue weighted by atomic mass is 16.1. The highest BCUT2D eigenvalue weighted by Crippen LogP contribution is 1.87. The second-order valence-corrected chi connectivity index (χ2v) is 2.35. The van der Waals surface area contributed by atoms with Gasteiger partial charge in [0.2, 0.25) is 0 Å². The van der Waals surface area contributed by atoms with Gasteiger partial charge in [-0.1, -0.05) is 0 Å². The Balaban J connectivity index is 3.50. The van der Waals surface area contributed by atoms with Crippen LogP contribution in [0.4, 0.5) is 0 Å². The van der Waals surface area contributed by atoms with Crippen molar-refractivity contribution in [3.8, 4) is 0 Å². The van der Waals surface area contributed by atoms with Crippen LogP contribution in [0.1, 0.15) is 11.4 Å². The normalized spacial score (nSPS) is 9.90. The maximum Gasteiger partial charge on any atom is 0.256 e. The van der Waals surface area contributed by atoms with Crippen LogP contribution in [0.2, 0.25) is 0 Å². The van der Waals surface area contributed by atoms with Crippen molar-refractivity contribution in [3.63, 3.8) is 0 Å². The Morgan fingerprint density at radius 2 is 2.10 bits per heavy atom. The van der Waals surface area contributed by atoms with Crippen LogP contribution in [-0.4, -0.2) is 9.55 Å². The number of hydrogen-bond acceptors (Lipinski definition) is 2. The lowest BCUT2D eigenvalue weighted by atomic mass is 10.4. The first-order valence-electron chi connectivity index (χ1n) is 3.12. The molecule has 0 unspecified atom stereocenters. The summed E-state index contributed by atoms with van der Waals surface area (Å²) in [7, 11) is 1.72. The molecule has 0 aliphatic carbocycles. The highest BCUT2D eigenvalue weighted by Gasteiger charge is 1.97. The number of nitrogens with zero attached hydrogens (tertiary/aromatic N) is 2. The van der Waals surface area contributed by atoms with Crippen molar-refractivity contribution in [2.75, 3.05) is 0 Å². The van der Waals surface area contributed by atoms with Gasteiger partial charge < -0.3 is 0 Å². The molecule has 1 aromatic rings. The summed E-state index contributed by atoms with van der Waals surface area (Å²) >= 11 is 0. The maximum atomic E-state index is 11.1. The molecule has 1 heterocycles. The first-order chi connectivity index (χ1) is 4.63. The van der Waals surface area contributed by atoms with Gasteiger partial charge in [-0.05, 0) is 13.8 Å². The largest absolute Gasteiger partial charge is 0.300 e. The molecule has 1 aromatic heterocycles. The monoisotopic (exact) mass is 138 g/mol. The van der Waals surface area contributed by atoms with Crippen molar-refractivity contribution >= 4 is 0 Å². The Morgan fingerprint density at radius 1 is 1.50 bits per heavy atom. The van der Waals surface area contributed by atoms with Gasteiger partial charge in [-0.2, -0.15) is 0 Å². The van der Waals surface area contributed by atoms with Crippen molar-refractivity contribution in [3.05, 3.63) is 27.9 Å². The second kappa shape index (κ2) is 2.25. The van der Waals surface area contributed by atoms with E-state index in [4.69, 9.17) is 0 Å². The number of rotatable bonds is 0. The van der Waals surface area contributed by atoms with Crippen molar-refractivity contribution in [1.82, 2.24) is 9.55 Å². The Labute approximate surface area is 59.3 Å².